The summed E-state index contributed by atoms with van der Waals surface area (Å²) in [6.45, 7) is 1.78. The van der Waals surface area contributed by atoms with Crippen LogP contribution in [0.2, 0.25) is 0 Å². The van der Waals surface area contributed by atoms with E-state index < -0.39 is 12.5 Å². The lowest BCUT2D eigenvalue weighted by molar-refractivity contribution is 0.140. The Hall–Kier alpha value is -1.94. The largest absolute Gasteiger partial charge is 0.488 e. The van der Waals surface area contributed by atoms with Crippen LogP contribution in [0.1, 0.15) is 30.0 Å². The normalized spacial score (nSPS) is 10.7. The van der Waals surface area contributed by atoms with Gasteiger partial charge in [0.1, 0.15) is 12.4 Å². The smallest absolute Gasteiger partial charge is 0.438 e. The van der Waals surface area contributed by atoms with Gasteiger partial charge in [-0.1, -0.05) is 19.1 Å². The Kier molecular flexibility index (Phi) is 7.15. The minimum Gasteiger partial charge on any atom is -0.488 e. The van der Waals surface area contributed by atoms with E-state index in [1.807, 2.05) is 29.5 Å². The van der Waals surface area contributed by atoms with Crippen LogP contribution in [0.4, 0.5) is 19.3 Å². The highest BCUT2D eigenvalue weighted by Crippen LogP contribution is 2.32. The molecule has 0 atom stereocenters. The zero-order valence-electron chi connectivity index (χ0n) is 14.2. The molecule has 0 fully saturated rings. The third kappa shape index (κ3) is 4.61. The third-order valence-corrected chi connectivity index (χ3v) is 4.77. The molecule has 0 radical (unpaired) electrons. The molecule has 26 heavy (non-hydrogen) atoms. The van der Waals surface area contributed by atoms with Crippen molar-refractivity contribution in [3.63, 3.8) is 0 Å². The van der Waals surface area contributed by atoms with Crippen molar-refractivity contribution < 1.29 is 28.3 Å². The summed E-state index contributed by atoms with van der Waals surface area (Å²) in [6.07, 6.45) is -3.00. The Balaban J connectivity index is 2.32. The molecule has 140 valence electrons. The third-order valence-electron chi connectivity index (χ3n) is 3.76. The predicted octanol–water partition coefficient (Wildman–Crippen LogP) is 5.33. The SMILES string of the molecule is CCc1ccc(OCc2c(I)cccc2N(O)C(=O)OC)c(C(F)F)c1. The highest BCUT2D eigenvalue weighted by molar-refractivity contribution is 14.1. The molecule has 0 heterocycles. The second-order valence-corrected chi connectivity index (χ2v) is 6.50. The summed E-state index contributed by atoms with van der Waals surface area (Å²) in [5, 5.41) is 10.3. The van der Waals surface area contributed by atoms with Crippen LogP contribution in [0.25, 0.3) is 0 Å². The first-order valence-electron chi connectivity index (χ1n) is 7.77. The molecule has 0 saturated carbocycles. The minimum absolute atomic E-state index is 0.0605. The number of nitrogens with zero attached hydrogens (tertiary/aromatic N) is 1. The molecular formula is C18H18F2INO4. The van der Waals surface area contributed by atoms with Crippen LogP contribution in [-0.2, 0) is 17.8 Å². The van der Waals surface area contributed by atoms with Gasteiger partial charge < -0.3 is 9.47 Å². The number of hydroxylamine groups is 1. The number of benzene rings is 2. The van der Waals surface area contributed by atoms with Gasteiger partial charge in [-0.15, -0.1) is 0 Å². The molecule has 1 amide bonds. The number of anilines is 1. The van der Waals surface area contributed by atoms with Crippen LogP contribution in [0.15, 0.2) is 36.4 Å². The molecular weight excluding hydrogens is 459 g/mol. The standard InChI is InChI=1S/C18H18F2INO4/c1-3-11-7-8-16(12(9-11)17(19)20)26-10-13-14(21)5-4-6-15(13)22(24)18(23)25-2/h4-9,17,24H,3,10H2,1-2H3. The molecule has 1 N–H and O–H groups in total. The summed E-state index contributed by atoms with van der Waals surface area (Å²) in [6, 6.07) is 9.56. The first-order valence-corrected chi connectivity index (χ1v) is 8.85. The first-order chi connectivity index (χ1) is 12.4. The van der Waals surface area contributed by atoms with Crippen molar-refractivity contribution in [1.29, 1.82) is 0 Å². The van der Waals surface area contributed by atoms with Gasteiger partial charge in [-0.3, -0.25) is 5.21 Å². The Bertz CT molecular complexity index is 786. The maximum Gasteiger partial charge on any atom is 0.438 e. The molecule has 0 aliphatic carbocycles. The fourth-order valence-corrected chi connectivity index (χ4v) is 2.98. The zero-order chi connectivity index (χ0) is 19.3. The average molecular weight is 477 g/mol. The van der Waals surface area contributed by atoms with Crippen molar-refractivity contribution in [3.05, 3.63) is 56.7 Å². The van der Waals surface area contributed by atoms with Crippen LogP contribution >= 0.6 is 22.6 Å². The van der Waals surface area contributed by atoms with Crippen molar-refractivity contribution in [2.75, 3.05) is 12.2 Å². The number of methoxy groups -OCH3 is 1. The van der Waals surface area contributed by atoms with E-state index in [-0.39, 0.29) is 23.6 Å². The molecule has 5 nitrogen and oxygen atoms in total. The molecule has 0 unspecified atom stereocenters. The average Bonchev–Trinajstić information content (AvgIpc) is 2.65. The summed E-state index contributed by atoms with van der Waals surface area (Å²) in [7, 11) is 1.14. The molecule has 2 aromatic carbocycles. The summed E-state index contributed by atoms with van der Waals surface area (Å²) >= 11 is 2.01. The zero-order valence-corrected chi connectivity index (χ0v) is 16.4. The van der Waals surface area contributed by atoms with Gasteiger partial charge in [-0.2, -0.15) is 5.06 Å². The summed E-state index contributed by atoms with van der Waals surface area (Å²) in [5.41, 5.74) is 1.23. The van der Waals surface area contributed by atoms with Crippen LogP contribution in [0.5, 0.6) is 5.75 Å². The van der Waals surface area contributed by atoms with E-state index >= 15 is 0 Å². The number of alkyl halides is 2. The first kappa shape index (κ1) is 20.4. The van der Waals surface area contributed by atoms with Gasteiger partial charge in [0.15, 0.2) is 0 Å². The summed E-state index contributed by atoms with van der Waals surface area (Å²) in [4.78, 5) is 11.6. The van der Waals surface area contributed by atoms with Crippen LogP contribution in [-0.4, -0.2) is 18.4 Å². The maximum atomic E-state index is 13.3. The molecule has 0 saturated heterocycles. The molecule has 0 aliphatic rings. The number of amides is 1. The number of halogens is 3. The molecule has 2 rings (SSSR count). The van der Waals surface area contributed by atoms with E-state index in [0.717, 1.165) is 12.7 Å². The molecule has 2 aromatic rings. The fraction of sp³-hybridized carbons (Fsp3) is 0.278. The number of hydrogen-bond donors (Lipinski definition) is 1. The van der Waals surface area contributed by atoms with Crippen molar-refractivity contribution in [2.24, 2.45) is 0 Å². The number of hydrogen-bond acceptors (Lipinski definition) is 4. The lowest BCUT2D eigenvalue weighted by Gasteiger charge is -2.19. The van der Waals surface area contributed by atoms with E-state index in [2.05, 4.69) is 4.74 Å². The minimum atomic E-state index is -2.67. The van der Waals surface area contributed by atoms with Gasteiger partial charge in [-0.05, 0) is 58.8 Å². The van der Waals surface area contributed by atoms with Gasteiger partial charge in [-0.25, -0.2) is 13.6 Å². The molecule has 0 aliphatic heterocycles. The molecule has 8 heteroatoms. The lowest BCUT2D eigenvalue weighted by atomic mass is 10.1. The number of carbonyl (C=O) groups is 1. The lowest BCUT2D eigenvalue weighted by Crippen LogP contribution is -2.28. The Morgan fingerprint density at radius 1 is 1.31 bits per heavy atom. The van der Waals surface area contributed by atoms with Gasteiger partial charge in [0.05, 0.1) is 18.4 Å². The van der Waals surface area contributed by atoms with Crippen LogP contribution < -0.4 is 9.80 Å². The van der Waals surface area contributed by atoms with Crippen molar-refractivity contribution >= 4 is 34.4 Å². The van der Waals surface area contributed by atoms with Gasteiger partial charge in [0.2, 0.25) is 0 Å². The van der Waals surface area contributed by atoms with E-state index in [1.165, 1.54) is 18.2 Å². The second kappa shape index (κ2) is 9.13. The topological polar surface area (TPSA) is 59.0 Å². The molecule has 0 spiro atoms. The van der Waals surface area contributed by atoms with Gasteiger partial charge in [0.25, 0.3) is 6.43 Å². The Morgan fingerprint density at radius 3 is 2.65 bits per heavy atom. The van der Waals surface area contributed by atoms with Crippen molar-refractivity contribution in [2.45, 2.75) is 26.4 Å². The van der Waals surface area contributed by atoms with Crippen molar-refractivity contribution in [3.8, 4) is 5.75 Å². The number of aryl methyl sites for hydroxylation is 1. The number of rotatable bonds is 6. The van der Waals surface area contributed by atoms with E-state index in [1.54, 1.807) is 18.2 Å². The van der Waals surface area contributed by atoms with Crippen LogP contribution in [0, 0.1) is 3.57 Å². The summed E-state index contributed by atoms with van der Waals surface area (Å²) in [5.74, 6) is 0.0605. The Morgan fingerprint density at radius 2 is 2.04 bits per heavy atom. The quantitative estimate of drug-likeness (QED) is 0.347. The monoisotopic (exact) mass is 477 g/mol. The Labute approximate surface area is 163 Å². The highest BCUT2D eigenvalue weighted by Gasteiger charge is 2.20. The predicted molar refractivity (Wildman–Crippen MR) is 101 cm³/mol. The molecule has 0 aromatic heterocycles. The number of carbonyl (C=O) groups excluding carboxylic acids is 1. The van der Waals surface area contributed by atoms with Crippen molar-refractivity contribution in [1.82, 2.24) is 0 Å². The van der Waals surface area contributed by atoms with Gasteiger partial charge >= 0.3 is 6.09 Å². The molecule has 0 bridgehead atoms. The number of ether oxygens (including phenoxy) is 2. The van der Waals surface area contributed by atoms with Gasteiger partial charge in [0, 0.05) is 9.13 Å². The second-order valence-electron chi connectivity index (χ2n) is 5.33. The maximum absolute atomic E-state index is 13.3. The fourth-order valence-electron chi connectivity index (χ4n) is 2.34. The van der Waals surface area contributed by atoms with E-state index in [9.17, 15) is 18.8 Å². The van der Waals surface area contributed by atoms with E-state index in [0.29, 0.717) is 20.6 Å². The summed E-state index contributed by atoms with van der Waals surface area (Å²) < 4.78 is 37.4. The highest BCUT2D eigenvalue weighted by atomic mass is 127. The van der Waals surface area contributed by atoms with E-state index in [4.69, 9.17) is 4.74 Å². The van der Waals surface area contributed by atoms with Crippen LogP contribution in [0.3, 0.4) is 0 Å².